The third-order valence-electron chi connectivity index (χ3n) is 5.21. The van der Waals surface area contributed by atoms with Gasteiger partial charge in [-0.05, 0) is 49.7 Å². The Bertz CT molecular complexity index is 1390. The number of carbonyl (C=O) groups is 1. The molecule has 2 aromatic heterocycles. The van der Waals surface area contributed by atoms with E-state index in [2.05, 4.69) is 9.97 Å². The fraction of sp³-hybridized carbons (Fsp3) is 0.261. The van der Waals surface area contributed by atoms with Gasteiger partial charge in [0.1, 0.15) is 12.4 Å². The van der Waals surface area contributed by atoms with Gasteiger partial charge in [0, 0.05) is 41.3 Å². The number of methoxy groups -OCH3 is 1. The number of sulfonamides is 1. The van der Waals surface area contributed by atoms with E-state index in [9.17, 15) is 26.4 Å². The Balaban J connectivity index is 2.22. The highest BCUT2D eigenvalue weighted by atomic mass is 35.5. The van der Waals surface area contributed by atoms with Crippen molar-refractivity contribution in [2.24, 2.45) is 0 Å². The molecule has 0 aliphatic rings. The van der Waals surface area contributed by atoms with E-state index in [0.29, 0.717) is 21.6 Å². The second-order valence-electron chi connectivity index (χ2n) is 7.63. The molecule has 0 aliphatic heterocycles. The number of halogens is 5. The van der Waals surface area contributed by atoms with Crippen LogP contribution in [0, 0.1) is 13.8 Å². The Labute approximate surface area is 215 Å². The van der Waals surface area contributed by atoms with Gasteiger partial charge in [-0.25, -0.2) is 30.9 Å². The van der Waals surface area contributed by atoms with Gasteiger partial charge in [-0.15, -0.1) is 0 Å². The van der Waals surface area contributed by atoms with E-state index in [-0.39, 0.29) is 27.0 Å². The van der Waals surface area contributed by atoms with Gasteiger partial charge in [0.25, 0.3) is 16.4 Å². The number of rotatable bonds is 9. The summed E-state index contributed by atoms with van der Waals surface area (Å²) in [5.74, 6) is -0.626. The van der Waals surface area contributed by atoms with Crippen LogP contribution in [0.2, 0.25) is 10.0 Å². The number of nitrogens with zero attached hydrogens (tertiary/aromatic N) is 3. The summed E-state index contributed by atoms with van der Waals surface area (Å²) in [6.45, 7) is 2.69. The van der Waals surface area contributed by atoms with Crippen molar-refractivity contribution in [3.8, 4) is 0 Å². The van der Waals surface area contributed by atoms with Gasteiger partial charge in [-0.3, -0.25) is 9.78 Å². The van der Waals surface area contributed by atoms with Crippen LogP contribution in [0.3, 0.4) is 0 Å². The molecule has 0 saturated carbocycles. The quantitative estimate of drug-likeness (QED) is 0.245. The zero-order valence-corrected chi connectivity index (χ0v) is 21.5. The minimum atomic E-state index is -4.62. The predicted octanol–water partition coefficient (Wildman–Crippen LogP) is 5.71. The SMILES string of the molecule is COCN(c1cc(Cl)cnc1C(=O)c1c(C)ccnc1C)S(=O)(=O)c1ccc(Cl)c(C(F)C(F)F)c1. The van der Waals surface area contributed by atoms with Crippen molar-refractivity contribution in [3.63, 3.8) is 0 Å². The number of aryl methyl sites for hydroxylation is 2. The molecule has 0 amide bonds. The molecule has 0 saturated heterocycles. The summed E-state index contributed by atoms with van der Waals surface area (Å²) in [5.41, 5.74) is -0.0167. The van der Waals surface area contributed by atoms with Gasteiger partial charge in [-0.2, -0.15) is 0 Å². The monoisotopic (exact) mass is 561 g/mol. The summed E-state index contributed by atoms with van der Waals surface area (Å²) >= 11 is 11.9. The molecule has 13 heteroatoms. The van der Waals surface area contributed by atoms with Crippen molar-refractivity contribution in [1.29, 1.82) is 0 Å². The zero-order valence-electron chi connectivity index (χ0n) is 19.2. The highest BCUT2D eigenvalue weighted by Gasteiger charge is 2.33. The molecule has 0 fully saturated rings. The van der Waals surface area contributed by atoms with Crippen LogP contribution < -0.4 is 4.31 Å². The van der Waals surface area contributed by atoms with Gasteiger partial charge >= 0.3 is 0 Å². The maximum atomic E-state index is 14.1. The van der Waals surface area contributed by atoms with Gasteiger partial charge in [0.15, 0.2) is 6.17 Å². The largest absolute Gasteiger partial charge is 0.363 e. The number of pyridine rings is 2. The van der Waals surface area contributed by atoms with E-state index < -0.39 is 45.6 Å². The number of aromatic nitrogens is 2. The third-order valence-corrected chi connectivity index (χ3v) is 7.50. The first-order chi connectivity index (χ1) is 16.9. The molecule has 0 N–H and O–H groups in total. The van der Waals surface area contributed by atoms with Crippen LogP contribution in [0.25, 0.3) is 0 Å². The van der Waals surface area contributed by atoms with Crippen LogP contribution in [0.1, 0.15) is 39.0 Å². The van der Waals surface area contributed by atoms with E-state index in [1.807, 2.05) is 0 Å². The van der Waals surface area contributed by atoms with Gasteiger partial charge < -0.3 is 4.74 Å². The van der Waals surface area contributed by atoms with Crippen LogP contribution in [0.15, 0.2) is 47.6 Å². The van der Waals surface area contributed by atoms with Crippen molar-refractivity contribution >= 4 is 44.7 Å². The molecule has 2 heterocycles. The molecule has 0 aliphatic carbocycles. The van der Waals surface area contributed by atoms with E-state index in [0.717, 1.165) is 12.1 Å². The third kappa shape index (κ3) is 5.49. The highest BCUT2D eigenvalue weighted by Crippen LogP contribution is 2.35. The Morgan fingerprint density at radius 3 is 2.42 bits per heavy atom. The molecular formula is C23H20Cl2F3N3O4S. The Morgan fingerprint density at radius 2 is 1.81 bits per heavy atom. The number of hydrogen-bond acceptors (Lipinski definition) is 6. The van der Waals surface area contributed by atoms with Crippen LogP contribution in [0.5, 0.6) is 0 Å². The van der Waals surface area contributed by atoms with Gasteiger partial charge in [0.05, 0.1) is 15.6 Å². The van der Waals surface area contributed by atoms with Crippen LogP contribution >= 0.6 is 23.2 Å². The fourth-order valence-corrected chi connectivity index (χ4v) is 5.28. The van der Waals surface area contributed by atoms with E-state index in [1.54, 1.807) is 19.9 Å². The molecule has 3 aromatic rings. The average Bonchev–Trinajstić information content (AvgIpc) is 2.81. The smallest absolute Gasteiger partial charge is 0.273 e. The summed E-state index contributed by atoms with van der Waals surface area (Å²) in [6.07, 6.45) is -3.55. The van der Waals surface area contributed by atoms with Crippen molar-refractivity contribution in [3.05, 3.63) is 80.8 Å². The predicted molar refractivity (Wildman–Crippen MR) is 129 cm³/mol. The van der Waals surface area contributed by atoms with Crippen molar-refractivity contribution in [1.82, 2.24) is 9.97 Å². The summed E-state index contributed by atoms with van der Waals surface area (Å²) < 4.78 is 73.1. The molecule has 0 bridgehead atoms. The van der Waals surface area contributed by atoms with E-state index >= 15 is 0 Å². The number of ketones is 1. The molecule has 3 rings (SSSR count). The zero-order chi connectivity index (χ0) is 26.8. The normalized spacial score (nSPS) is 12.6. The average molecular weight is 562 g/mol. The number of anilines is 1. The van der Waals surface area contributed by atoms with Crippen molar-refractivity contribution in [2.45, 2.75) is 31.3 Å². The maximum Gasteiger partial charge on any atom is 0.273 e. The number of benzene rings is 1. The Morgan fingerprint density at radius 1 is 1.11 bits per heavy atom. The second-order valence-corrected chi connectivity index (χ2v) is 10.3. The van der Waals surface area contributed by atoms with E-state index in [1.165, 1.54) is 25.6 Å². The maximum absolute atomic E-state index is 14.1. The number of carbonyl (C=O) groups excluding carboxylic acids is 1. The van der Waals surface area contributed by atoms with Crippen LogP contribution in [0.4, 0.5) is 18.9 Å². The van der Waals surface area contributed by atoms with Gasteiger partial charge in [-0.1, -0.05) is 23.2 Å². The molecule has 7 nitrogen and oxygen atoms in total. The standard InChI is InChI=1S/C23H20Cl2F3N3O4S/c1-12-6-7-29-13(2)19(12)22(32)21-18(8-14(24)10-30-21)31(11-35-3)36(33,34)15-4-5-17(25)16(9-15)20(26)23(27)28/h4-10,20,23H,11H2,1-3H3. The Hall–Kier alpha value is -2.73. The molecule has 0 radical (unpaired) electrons. The molecule has 36 heavy (non-hydrogen) atoms. The first kappa shape index (κ1) is 27.9. The van der Waals surface area contributed by atoms with Crippen molar-refractivity contribution < 1.29 is 31.1 Å². The number of ether oxygens (including phenoxy) is 1. The number of alkyl halides is 3. The highest BCUT2D eigenvalue weighted by molar-refractivity contribution is 7.92. The molecule has 192 valence electrons. The first-order valence-corrected chi connectivity index (χ1v) is 12.5. The summed E-state index contributed by atoms with van der Waals surface area (Å²) in [4.78, 5) is 21.1. The summed E-state index contributed by atoms with van der Waals surface area (Å²) in [6, 6.07) is 5.55. The second kappa shape index (κ2) is 11.1. The van der Waals surface area contributed by atoms with Crippen molar-refractivity contribution in [2.75, 3.05) is 18.1 Å². The lowest BCUT2D eigenvalue weighted by molar-refractivity contribution is 0.0495. The molecular weight excluding hydrogens is 542 g/mol. The lowest BCUT2D eigenvalue weighted by Gasteiger charge is -2.26. The topological polar surface area (TPSA) is 89.5 Å². The number of hydrogen-bond donors (Lipinski definition) is 0. The molecule has 1 aromatic carbocycles. The lowest BCUT2D eigenvalue weighted by Crippen LogP contribution is -2.34. The first-order valence-electron chi connectivity index (χ1n) is 10.3. The van der Waals surface area contributed by atoms with Crippen LogP contribution in [-0.2, 0) is 14.8 Å². The summed E-state index contributed by atoms with van der Waals surface area (Å²) in [5, 5.41) is -0.362. The minimum absolute atomic E-state index is 0.0100. The summed E-state index contributed by atoms with van der Waals surface area (Å²) in [7, 11) is -3.41. The molecule has 1 atom stereocenters. The minimum Gasteiger partial charge on any atom is -0.363 e. The fourth-order valence-electron chi connectivity index (χ4n) is 3.49. The molecule has 1 unspecified atom stereocenters. The lowest BCUT2D eigenvalue weighted by atomic mass is 10.0. The Kier molecular flexibility index (Phi) is 8.60. The van der Waals surface area contributed by atoms with Crippen LogP contribution in [-0.4, -0.2) is 44.4 Å². The molecule has 0 spiro atoms. The van der Waals surface area contributed by atoms with E-state index in [4.69, 9.17) is 27.9 Å². The van der Waals surface area contributed by atoms with Gasteiger partial charge in [0.2, 0.25) is 5.78 Å².